The zero-order valence-corrected chi connectivity index (χ0v) is 15.8. The van der Waals surface area contributed by atoms with Crippen LogP contribution >= 0.6 is 15.9 Å². The average Bonchev–Trinajstić information content (AvgIpc) is 2.58. The van der Waals surface area contributed by atoms with E-state index in [0.717, 1.165) is 4.47 Å². The number of carbonyl (C=O) groups is 2. The standard InChI is InChI=1S/C18H24BrNO5/c1-3-5-14(18(22)23)10-16(11-25-12-24-4-2)20-17(21)13-6-8-15(19)9-7-13/h3,6-9,14,16H,1,4-5,10-12H2,2H3,(H,20,21)(H,22,23)/t14-,16-/m0/s1. The Hall–Kier alpha value is -1.70. The van der Waals surface area contributed by atoms with Gasteiger partial charge in [-0.05, 0) is 44.0 Å². The Morgan fingerprint density at radius 1 is 1.32 bits per heavy atom. The monoisotopic (exact) mass is 413 g/mol. The van der Waals surface area contributed by atoms with Gasteiger partial charge in [0.05, 0.1) is 18.6 Å². The zero-order chi connectivity index (χ0) is 18.7. The molecule has 0 bridgehead atoms. The molecule has 1 aromatic rings. The van der Waals surface area contributed by atoms with Gasteiger partial charge in [0.1, 0.15) is 6.79 Å². The van der Waals surface area contributed by atoms with Crippen molar-refractivity contribution < 1.29 is 24.2 Å². The molecule has 2 N–H and O–H groups in total. The molecule has 7 heteroatoms. The second-order valence-corrected chi connectivity index (χ2v) is 6.37. The van der Waals surface area contributed by atoms with Crippen LogP contribution in [0.2, 0.25) is 0 Å². The van der Waals surface area contributed by atoms with Crippen LogP contribution in [0.15, 0.2) is 41.4 Å². The van der Waals surface area contributed by atoms with Gasteiger partial charge in [-0.3, -0.25) is 9.59 Å². The summed E-state index contributed by atoms with van der Waals surface area (Å²) in [6.45, 7) is 6.22. The fourth-order valence-corrected chi connectivity index (χ4v) is 2.48. The minimum atomic E-state index is -0.924. The summed E-state index contributed by atoms with van der Waals surface area (Å²) < 4.78 is 11.4. The van der Waals surface area contributed by atoms with Crippen molar-refractivity contribution in [3.05, 3.63) is 47.0 Å². The molecule has 0 fully saturated rings. The minimum absolute atomic E-state index is 0.0976. The van der Waals surface area contributed by atoms with Crippen molar-refractivity contribution in [1.29, 1.82) is 0 Å². The number of carboxylic acid groups (broad SMARTS) is 1. The number of allylic oxidation sites excluding steroid dienone is 1. The van der Waals surface area contributed by atoms with Gasteiger partial charge in [0.25, 0.3) is 5.91 Å². The first kappa shape index (κ1) is 21.3. The minimum Gasteiger partial charge on any atom is -0.481 e. The van der Waals surface area contributed by atoms with E-state index < -0.39 is 17.9 Å². The molecule has 0 unspecified atom stereocenters. The Bertz CT molecular complexity index is 561. The van der Waals surface area contributed by atoms with E-state index in [1.54, 1.807) is 30.3 Å². The number of amides is 1. The molecule has 0 aliphatic heterocycles. The molecule has 0 aromatic heterocycles. The molecule has 25 heavy (non-hydrogen) atoms. The van der Waals surface area contributed by atoms with Gasteiger partial charge < -0.3 is 19.9 Å². The normalized spacial score (nSPS) is 13.0. The molecule has 0 aliphatic carbocycles. The summed E-state index contributed by atoms with van der Waals surface area (Å²) in [6, 6.07) is 6.48. The number of hydrogen-bond donors (Lipinski definition) is 2. The van der Waals surface area contributed by atoms with E-state index in [9.17, 15) is 14.7 Å². The van der Waals surface area contributed by atoms with Crippen LogP contribution in [-0.4, -0.2) is 43.0 Å². The van der Waals surface area contributed by atoms with Gasteiger partial charge in [-0.15, -0.1) is 6.58 Å². The Morgan fingerprint density at radius 3 is 2.56 bits per heavy atom. The fourth-order valence-electron chi connectivity index (χ4n) is 2.21. The molecule has 0 aliphatic rings. The lowest BCUT2D eigenvalue weighted by atomic mass is 9.96. The predicted octanol–water partition coefficient (Wildman–Crippen LogP) is 3.23. The second-order valence-electron chi connectivity index (χ2n) is 5.45. The smallest absolute Gasteiger partial charge is 0.306 e. The maximum atomic E-state index is 12.4. The summed E-state index contributed by atoms with van der Waals surface area (Å²) in [5.41, 5.74) is 0.494. The molecule has 0 spiro atoms. The third kappa shape index (κ3) is 8.29. The molecule has 138 valence electrons. The van der Waals surface area contributed by atoms with Crippen molar-refractivity contribution in [2.75, 3.05) is 20.0 Å². The van der Waals surface area contributed by atoms with Crippen molar-refractivity contribution >= 4 is 27.8 Å². The van der Waals surface area contributed by atoms with Gasteiger partial charge in [-0.1, -0.05) is 22.0 Å². The summed E-state index contributed by atoms with van der Waals surface area (Å²) >= 11 is 3.32. The van der Waals surface area contributed by atoms with Crippen molar-refractivity contribution in [1.82, 2.24) is 5.32 Å². The van der Waals surface area contributed by atoms with Crippen LogP contribution in [-0.2, 0) is 14.3 Å². The highest BCUT2D eigenvalue weighted by molar-refractivity contribution is 9.10. The van der Waals surface area contributed by atoms with Gasteiger partial charge in [0.15, 0.2) is 0 Å². The van der Waals surface area contributed by atoms with Crippen LogP contribution in [0.4, 0.5) is 0 Å². The highest BCUT2D eigenvalue weighted by atomic mass is 79.9. The number of rotatable bonds is 12. The first-order valence-corrected chi connectivity index (χ1v) is 8.82. The van der Waals surface area contributed by atoms with Crippen LogP contribution in [0, 0.1) is 5.92 Å². The number of ether oxygens (including phenoxy) is 2. The summed E-state index contributed by atoms with van der Waals surface area (Å²) in [4.78, 5) is 23.7. The number of carboxylic acids is 1. The van der Waals surface area contributed by atoms with Gasteiger partial charge >= 0.3 is 5.97 Å². The highest BCUT2D eigenvalue weighted by Gasteiger charge is 2.23. The van der Waals surface area contributed by atoms with E-state index in [1.807, 2.05) is 6.92 Å². The maximum Gasteiger partial charge on any atom is 0.306 e. The molecule has 6 nitrogen and oxygen atoms in total. The molecule has 0 saturated carbocycles. The fraction of sp³-hybridized carbons (Fsp3) is 0.444. The number of nitrogens with one attached hydrogen (secondary N) is 1. The quantitative estimate of drug-likeness (QED) is 0.312. The predicted molar refractivity (Wildman–Crippen MR) is 98.4 cm³/mol. The highest BCUT2D eigenvalue weighted by Crippen LogP contribution is 2.15. The lowest BCUT2D eigenvalue weighted by Crippen LogP contribution is -2.40. The summed E-state index contributed by atoms with van der Waals surface area (Å²) in [5, 5.41) is 12.2. The molecule has 2 atom stereocenters. The number of carbonyl (C=O) groups excluding carboxylic acids is 1. The van der Waals surface area contributed by atoms with Crippen molar-refractivity contribution in [3.8, 4) is 0 Å². The zero-order valence-electron chi connectivity index (χ0n) is 14.2. The summed E-state index contributed by atoms with van der Waals surface area (Å²) in [6.07, 6.45) is 2.13. The van der Waals surface area contributed by atoms with Crippen LogP contribution in [0.5, 0.6) is 0 Å². The van der Waals surface area contributed by atoms with E-state index in [1.165, 1.54) is 0 Å². The lowest BCUT2D eigenvalue weighted by molar-refractivity contribution is -0.142. The van der Waals surface area contributed by atoms with Crippen molar-refractivity contribution in [2.24, 2.45) is 5.92 Å². The molecular formula is C18H24BrNO5. The van der Waals surface area contributed by atoms with Crippen LogP contribution in [0.3, 0.4) is 0 Å². The summed E-state index contributed by atoms with van der Waals surface area (Å²) in [5.74, 6) is -1.84. The second kappa shape index (κ2) is 11.8. The lowest BCUT2D eigenvalue weighted by Gasteiger charge is -2.22. The van der Waals surface area contributed by atoms with Gasteiger partial charge in [0, 0.05) is 16.6 Å². The first-order valence-electron chi connectivity index (χ1n) is 8.03. The third-order valence-corrected chi connectivity index (χ3v) is 4.03. The molecule has 0 heterocycles. The number of halogens is 1. The van der Waals surface area contributed by atoms with E-state index in [0.29, 0.717) is 18.6 Å². The largest absolute Gasteiger partial charge is 0.481 e. The van der Waals surface area contributed by atoms with E-state index in [4.69, 9.17) is 9.47 Å². The molecule has 1 aromatic carbocycles. The number of hydrogen-bond acceptors (Lipinski definition) is 4. The molecule has 1 rings (SSSR count). The third-order valence-electron chi connectivity index (χ3n) is 3.50. The molecule has 1 amide bonds. The van der Waals surface area contributed by atoms with Crippen molar-refractivity contribution in [3.63, 3.8) is 0 Å². The first-order chi connectivity index (χ1) is 12.0. The number of benzene rings is 1. The topological polar surface area (TPSA) is 84.9 Å². The molecule has 0 saturated heterocycles. The SMILES string of the molecule is C=CC[C@@H](C[C@@H](COCOCC)NC(=O)c1ccc(Br)cc1)C(=O)O. The Balaban J connectivity index is 2.74. The van der Waals surface area contributed by atoms with Crippen LogP contribution in [0.1, 0.15) is 30.1 Å². The summed E-state index contributed by atoms with van der Waals surface area (Å²) in [7, 11) is 0. The Labute approximate surface area is 156 Å². The maximum absolute atomic E-state index is 12.4. The Morgan fingerprint density at radius 2 is 2.00 bits per heavy atom. The molecular weight excluding hydrogens is 390 g/mol. The van der Waals surface area contributed by atoms with Crippen LogP contribution in [0.25, 0.3) is 0 Å². The number of aliphatic carboxylic acids is 1. The van der Waals surface area contributed by atoms with Gasteiger partial charge in [-0.25, -0.2) is 0 Å². The van der Waals surface area contributed by atoms with E-state index >= 15 is 0 Å². The van der Waals surface area contributed by atoms with Gasteiger partial charge in [0.2, 0.25) is 0 Å². The Kier molecular flexibility index (Phi) is 10.1. The van der Waals surface area contributed by atoms with Crippen LogP contribution < -0.4 is 5.32 Å². The van der Waals surface area contributed by atoms with Gasteiger partial charge in [-0.2, -0.15) is 0 Å². The van der Waals surface area contributed by atoms with E-state index in [2.05, 4.69) is 27.8 Å². The van der Waals surface area contributed by atoms with E-state index in [-0.39, 0.29) is 25.7 Å². The average molecular weight is 414 g/mol. The van der Waals surface area contributed by atoms with Crippen molar-refractivity contribution in [2.45, 2.75) is 25.8 Å². The molecule has 0 radical (unpaired) electrons.